The molecule has 0 radical (unpaired) electrons. The van der Waals surface area contributed by atoms with Crippen molar-refractivity contribution in [2.75, 3.05) is 7.11 Å². The first-order valence-corrected chi connectivity index (χ1v) is 6.79. The third-order valence-electron chi connectivity index (χ3n) is 2.43. The fourth-order valence-electron chi connectivity index (χ4n) is 1.73. The first kappa shape index (κ1) is 13.2. The van der Waals surface area contributed by atoms with E-state index in [2.05, 4.69) is 5.32 Å². The SMILES string of the molecule is COc1c(C(=O)NC(C)C)sc2ccc(Cl)cc12. The van der Waals surface area contributed by atoms with Crippen LogP contribution in [0.25, 0.3) is 10.1 Å². The van der Waals surface area contributed by atoms with Crippen LogP contribution in [0.15, 0.2) is 18.2 Å². The van der Waals surface area contributed by atoms with E-state index in [1.807, 2.05) is 32.0 Å². The smallest absolute Gasteiger partial charge is 0.265 e. The van der Waals surface area contributed by atoms with Gasteiger partial charge in [0.2, 0.25) is 0 Å². The second-order valence-corrected chi connectivity index (χ2v) is 5.72. The summed E-state index contributed by atoms with van der Waals surface area (Å²) in [6.45, 7) is 3.85. The Morgan fingerprint density at radius 2 is 2.17 bits per heavy atom. The van der Waals surface area contributed by atoms with Crippen LogP contribution in [0.5, 0.6) is 5.75 Å². The van der Waals surface area contributed by atoms with Gasteiger partial charge in [0.15, 0.2) is 0 Å². The highest BCUT2D eigenvalue weighted by Crippen LogP contribution is 2.38. The summed E-state index contributed by atoms with van der Waals surface area (Å²) in [5, 5.41) is 4.38. The minimum Gasteiger partial charge on any atom is -0.494 e. The number of hydrogen-bond acceptors (Lipinski definition) is 3. The van der Waals surface area contributed by atoms with Crippen LogP contribution >= 0.6 is 22.9 Å². The number of carbonyl (C=O) groups excluding carboxylic acids is 1. The number of hydrogen-bond donors (Lipinski definition) is 1. The Morgan fingerprint density at radius 3 is 2.78 bits per heavy atom. The number of carbonyl (C=O) groups is 1. The normalized spacial score (nSPS) is 10.9. The van der Waals surface area contributed by atoms with E-state index in [9.17, 15) is 4.79 Å². The fraction of sp³-hybridized carbons (Fsp3) is 0.308. The number of thiophene rings is 1. The lowest BCUT2D eigenvalue weighted by Crippen LogP contribution is -2.29. The number of ether oxygens (including phenoxy) is 1. The van der Waals surface area contributed by atoms with Crippen LogP contribution in [0, 0.1) is 0 Å². The van der Waals surface area contributed by atoms with Crippen LogP contribution in [0.3, 0.4) is 0 Å². The number of methoxy groups -OCH3 is 1. The average molecular weight is 284 g/mol. The molecule has 96 valence electrons. The monoisotopic (exact) mass is 283 g/mol. The summed E-state index contributed by atoms with van der Waals surface area (Å²) < 4.78 is 6.34. The van der Waals surface area contributed by atoms with Gasteiger partial charge in [-0.05, 0) is 32.0 Å². The first-order valence-electron chi connectivity index (χ1n) is 5.60. The van der Waals surface area contributed by atoms with Gasteiger partial charge in [0.1, 0.15) is 10.6 Å². The van der Waals surface area contributed by atoms with Crippen molar-refractivity contribution in [1.29, 1.82) is 0 Å². The standard InChI is InChI=1S/C13H14ClNO2S/c1-7(2)15-13(16)12-11(17-3)9-6-8(14)4-5-10(9)18-12/h4-7H,1-3H3,(H,15,16). The number of nitrogens with one attached hydrogen (secondary N) is 1. The lowest BCUT2D eigenvalue weighted by atomic mass is 10.2. The summed E-state index contributed by atoms with van der Waals surface area (Å²) in [7, 11) is 1.56. The molecule has 1 aromatic heterocycles. The Labute approximate surface area is 115 Å². The molecule has 0 aliphatic heterocycles. The number of fused-ring (bicyclic) bond motifs is 1. The predicted molar refractivity (Wildman–Crippen MR) is 76.0 cm³/mol. The Balaban J connectivity index is 2.54. The van der Waals surface area contributed by atoms with Gasteiger partial charge in [0.05, 0.1) is 7.11 Å². The van der Waals surface area contributed by atoms with Crippen molar-refractivity contribution in [2.45, 2.75) is 19.9 Å². The van der Waals surface area contributed by atoms with Crippen molar-refractivity contribution in [1.82, 2.24) is 5.32 Å². The van der Waals surface area contributed by atoms with Gasteiger partial charge < -0.3 is 10.1 Å². The lowest BCUT2D eigenvalue weighted by Gasteiger charge is -2.08. The molecule has 2 aromatic rings. The van der Waals surface area contributed by atoms with E-state index in [0.717, 1.165) is 10.1 Å². The molecule has 0 saturated carbocycles. The molecule has 0 aliphatic carbocycles. The van der Waals surface area contributed by atoms with Gasteiger partial charge in [-0.25, -0.2) is 0 Å². The molecule has 18 heavy (non-hydrogen) atoms. The largest absolute Gasteiger partial charge is 0.494 e. The van der Waals surface area contributed by atoms with Crippen LogP contribution < -0.4 is 10.1 Å². The van der Waals surface area contributed by atoms with Gasteiger partial charge in [-0.2, -0.15) is 0 Å². The maximum atomic E-state index is 12.1. The molecule has 1 amide bonds. The number of rotatable bonds is 3. The summed E-state index contributed by atoms with van der Waals surface area (Å²) in [4.78, 5) is 12.7. The molecule has 0 fully saturated rings. The van der Waals surface area contributed by atoms with Crippen LogP contribution in [-0.4, -0.2) is 19.1 Å². The Bertz CT molecular complexity index is 592. The minimum atomic E-state index is -0.112. The van der Waals surface area contributed by atoms with Gasteiger partial charge in [-0.1, -0.05) is 11.6 Å². The summed E-state index contributed by atoms with van der Waals surface area (Å²) in [5.41, 5.74) is 0. The maximum absolute atomic E-state index is 12.1. The van der Waals surface area contributed by atoms with Gasteiger partial charge in [-0.15, -0.1) is 11.3 Å². The predicted octanol–water partition coefficient (Wildman–Crippen LogP) is 3.70. The van der Waals surface area contributed by atoms with Crippen LogP contribution in [-0.2, 0) is 0 Å². The molecule has 0 unspecified atom stereocenters. The molecule has 2 rings (SSSR count). The highest BCUT2D eigenvalue weighted by molar-refractivity contribution is 7.21. The second kappa shape index (κ2) is 5.16. The van der Waals surface area contributed by atoms with E-state index in [0.29, 0.717) is 15.6 Å². The summed E-state index contributed by atoms with van der Waals surface area (Å²) in [5.74, 6) is 0.481. The van der Waals surface area contributed by atoms with E-state index in [-0.39, 0.29) is 11.9 Å². The Morgan fingerprint density at radius 1 is 1.44 bits per heavy atom. The molecular weight excluding hydrogens is 270 g/mol. The molecule has 0 bridgehead atoms. The van der Waals surface area contributed by atoms with E-state index in [4.69, 9.17) is 16.3 Å². The molecule has 0 saturated heterocycles. The van der Waals surface area contributed by atoms with E-state index >= 15 is 0 Å². The molecule has 3 nitrogen and oxygen atoms in total. The number of halogens is 1. The summed E-state index contributed by atoms with van der Waals surface area (Å²) in [6.07, 6.45) is 0. The molecule has 1 aromatic carbocycles. The van der Waals surface area contributed by atoms with Gasteiger partial charge in [0.25, 0.3) is 5.91 Å². The number of amides is 1. The minimum absolute atomic E-state index is 0.0935. The van der Waals surface area contributed by atoms with Gasteiger partial charge in [-0.3, -0.25) is 4.79 Å². The van der Waals surface area contributed by atoms with E-state index < -0.39 is 0 Å². The molecule has 0 spiro atoms. The molecule has 0 aliphatic rings. The average Bonchev–Trinajstić information content (AvgIpc) is 2.65. The van der Waals surface area contributed by atoms with Crippen molar-refractivity contribution in [3.8, 4) is 5.75 Å². The summed E-state index contributed by atoms with van der Waals surface area (Å²) in [6, 6.07) is 5.62. The highest BCUT2D eigenvalue weighted by Gasteiger charge is 2.19. The van der Waals surface area contributed by atoms with Gasteiger partial charge >= 0.3 is 0 Å². The van der Waals surface area contributed by atoms with Crippen LogP contribution in [0.1, 0.15) is 23.5 Å². The zero-order chi connectivity index (χ0) is 13.3. The highest BCUT2D eigenvalue weighted by atomic mass is 35.5. The van der Waals surface area contributed by atoms with Crippen molar-refractivity contribution >= 4 is 38.9 Å². The zero-order valence-electron chi connectivity index (χ0n) is 10.4. The summed E-state index contributed by atoms with van der Waals surface area (Å²) >= 11 is 7.38. The second-order valence-electron chi connectivity index (χ2n) is 4.23. The zero-order valence-corrected chi connectivity index (χ0v) is 12.0. The third kappa shape index (κ3) is 2.44. The molecule has 0 atom stereocenters. The van der Waals surface area contributed by atoms with Gasteiger partial charge in [0, 0.05) is 21.2 Å². The molecule has 1 heterocycles. The molecule has 5 heteroatoms. The lowest BCUT2D eigenvalue weighted by molar-refractivity contribution is 0.0944. The quantitative estimate of drug-likeness (QED) is 0.933. The fourth-order valence-corrected chi connectivity index (χ4v) is 2.95. The number of benzene rings is 1. The topological polar surface area (TPSA) is 38.3 Å². The van der Waals surface area contributed by atoms with Crippen LogP contribution in [0.4, 0.5) is 0 Å². The molecule has 1 N–H and O–H groups in total. The van der Waals surface area contributed by atoms with Crippen molar-refractivity contribution < 1.29 is 9.53 Å². The van der Waals surface area contributed by atoms with Crippen LogP contribution in [0.2, 0.25) is 5.02 Å². The molecular formula is C13H14ClNO2S. The van der Waals surface area contributed by atoms with Crippen molar-refractivity contribution in [3.63, 3.8) is 0 Å². The van der Waals surface area contributed by atoms with E-state index in [1.165, 1.54) is 11.3 Å². The van der Waals surface area contributed by atoms with Crippen molar-refractivity contribution in [2.24, 2.45) is 0 Å². The Hall–Kier alpha value is -1.26. The van der Waals surface area contributed by atoms with E-state index in [1.54, 1.807) is 7.11 Å². The van der Waals surface area contributed by atoms with Crippen molar-refractivity contribution in [3.05, 3.63) is 28.1 Å². The maximum Gasteiger partial charge on any atom is 0.265 e. The first-order chi connectivity index (χ1) is 8.52. The third-order valence-corrected chi connectivity index (χ3v) is 3.82. The Kier molecular flexibility index (Phi) is 3.78.